The van der Waals surface area contributed by atoms with Gasteiger partial charge in [-0.1, -0.05) is 17.2 Å². The molecule has 1 atom stereocenters. The van der Waals surface area contributed by atoms with Crippen molar-refractivity contribution in [3.8, 4) is 11.5 Å². The molecular weight excluding hydrogens is 184 g/mol. The fourth-order valence-electron chi connectivity index (χ4n) is 0.992. The van der Waals surface area contributed by atoms with Crippen molar-refractivity contribution in [2.75, 3.05) is 0 Å². The number of rotatable bonds is 3. The van der Waals surface area contributed by atoms with E-state index in [1.807, 2.05) is 6.92 Å². The molecule has 0 spiro atoms. The van der Waals surface area contributed by atoms with Gasteiger partial charge in [0, 0.05) is 6.07 Å². The summed E-state index contributed by atoms with van der Waals surface area (Å²) in [6, 6.07) is 1.44. The number of hydrogen-bond donors (Lipinski definition) is 1. The van der Waals surface area contributed by atoms with Gasteiger partial charge in [-0.05, 0) is 6.42 Å². The zero-order valence-electron chi connectivity index (χ0n) is 7.67. The van der Waals surface area contributed by atoms with E-state index >= 15 is 0 Å². The van der Waals surface area contributed by atoms with Crippen molar-refractivity contribution in [2.45, 2.75) is 19.4 Å². The van der Waals surface area contributed by atoms with Crippen molar-refractivity contribution in [3.63, 3.8) is 0 Å². The first-order chi connectivity index (χ1) is 6.81. The predicted molar refractivity (Wildman–Crippen MR) is 47.0 cm³/mol. The third-order valence-corrected chi connectivity index (χ3v) is 1.87. The molecule has 0 aromatic carbocycles. The smallest absolute Gasteiger partial charge is 0.243 e. The molecule has 6 nitrogen and oxygen atoms in total. The van der Waals surface area contributed by atoms with Crippen molar-refractivity contribution in [3.05, 3.63) is 18.2 Å². The molecule has 1 unspecified atom stereocenters. The van der Waals surface area contributed by atoms with Crippen LogP contribution in [0.1, 0.15) is 25.3 Å². The SMILES string of the molecule is CCC(N)c1nc(-c2ccon2)no1. The summed E-state index contributed by atoms with van der Waals surface area (Å²) >= 11 is 0. The van der Waals surface area contributed by atoms with Crippen LogP contribution < -0.4 is 5.73 Å². The maximum Gasteiger partial charge on any atom is 0.243 e. The van der Waals surface area contributed by atoms with Gasteiger partial charge in [-0.3, -0.25) is 0 Å². The Kier molecular flexibility index (Phi) is 2.28. The van der Waals surface area contributed by atoms with Crippen LogP contribution >= 0.6 is 0 Å². The second-order valence-electron chi connectivity index (χ2n) is 2.86. The molecule has 0 bridgehead atoms. The molecule has 2 heterocycles. The molecule has 0 saturated heterocycles. The molecule has 14 heavy (non-hydrogen) atoms. The lowest BCUT2D eigenvalue weighted by Gasteiger charge is -1.98. The molecule has 2 aromatic heterocycles. The molecule has 74 valence electrons. The summed E-state index contributed by atoms with van der Waals surface area (Å²) in [5.74, 6) is 0.822. The molecule has 0 aliphatic heterocycles. The Labute approximate surface area is 80.1 Å². The highest BCUT2D eigenvalue weighted by Crippen LogP contribution is 2.16. The van der Waals surface area contributed by atoms with Crippen molar-refractivity contribution in [1.29, 1.82) is 0 Å². The molecule has 0 radical (unpaired) electrons. The summed E-state index contributed by atoms with van der Waals surface area (Å²) in [6.45, 7) is 1.95. The first kappa shape index (κ1) is 8.89. The maximum atomic E-state index is 5.72. The van der Waals surface area contributed by atoms with E-state index in [1.54, 1.807) is 6.07 Å². The molecule has 6 heteroatoms. The average molecular weight is 194 g/mol. The average Bonchev–Trinajstić information content (AvgIpc) is 2.86. The topological polar surface area (TPSA) is 91.0 Å². The molecule has 0 saturated carbocycles. The number of aromatic nitrogens is 3. The van der Waals surface area contributed by atoms with Crippen LogP contribution in [-0.2, 0) is 0 Å². The van der Waals surface area contributed by atoms with Crippen LogP contribution in [0.15, 0.2) is 21.4 Å². The molecule has 2 aromatic rings. The van der Waals surface area contributed by atoms with E-state index in [0.717, 1.165) is 6.42 Å². The van der Waals surface area contributed by atoms with Gasteiger partial charge in [-0.15, -0.1) is 0 Å². The summed E-state index contributed by atoms with van der Waals surface area (Å²) in [5.41, 5.74) is 6.27. The summed E-state index contributed by atoms with van der Waals surface area (Å²) in [7, 11) is 0. The highest BCUT2D eigenvalue weighted by molar-refractivity contribution is 5.45. The number of nitrogens with zero attached hydrogens (tertiary/aromatic N) is 3. The van der Waals surface area contributed by atoms with Crippen molar-refractivity contribution in [2.24, 2.45) is 5.73 Å². The highest BCUT2D eigenvalue weighted by atomic mass is 16.5. The van der Waals surface area contributed by atoms with Crippen LogP contribution in [-0.4, -0.2) is 15.3 Å². The van der Waals surface area contributed by atoms with Crippen molar-refractivity contribution >= 4 is 0 Å². The Bertz CT molecular complexity index is 395. The molecule has 2 N–H and O–H groups in total. The second kappa shape index (κ2) is 3.59. The Balaban J connectivity index is 2.26. The van der Waals surface area contributed by atoms with E-state index in [4.69, 9.17) is 10.3 Å². The van der Waals surface area contributed by atoms with E-state index in [-0.39, 0.29) is 6.04 Å². The number of hydrogen-bond acceptors (Lipinski definition) is 6. The van der Waals surface area contributed by atoms with Crippen molar-refractivity contribution in [1.82, 2.24) is 15.3 Å². The fourth-order valence-corrected chi connectivity index (χ4v) is 0.992. The second-order valence-corrected chi connectivity index (χ2v) is 2.86. The van der Waals surface area contributed by atoms with Gasteiger partial charge in [0.25, 0.3) is 0 Å². The van der Waals surface area contributed by atoms with Gasteiger partial charge >= 0.3 is 0 Å². The van der Waals surface area contributed by atoms with Gasteiger partial charge in [0.1, 0.15) is 6.26 Å². The minimum absolute atomic E-state index is 0.219. The molecule has 0 fully saturated rings. The zero-order chi connectivity index (χ0) is 9.97. The van der Waals surface area contributed by atoms with Crippen molar-refractivity contribution < 1.29 is 9.05 Å². The van der Waals surface area contributed by atoms with E-state index < -0.39 is 0 Å². The normalized spacial score (nSPS) is 13.0. The lowest BCUT2D eigenvalue weighted by Crippen LogP contribution is -2.08. The standard InChI is InChI=1S/C8H10N4O2/c1-2-5(9)8-10-7(12-14-8)6-3-4-13-11-6/h3-5H,2,9H2,1H3. The van der Waals surface area contributed by atoms with Gasteiger partial charge in [0.05, 0.1) is 6.04 Å². The van der Waals surface area contributed by atoms with Gasteiger partial charge < -0.3 is 14.8 Å². The summed E-state index contributed by atoms with van der Waals surface area (Å²) in [4.78, 5) is 4.10. The lowest BCUT2D eigenvalue weighted by molar-refractivity contribution is 0.352. The Morgan fingerprint density at radius 2 is 2.36 bits per heavy atom. The summed E-state index contributed by atoms with van der Waals surface area (Å²) < 4.78 is 9.64. The van der Waals surface area contributed by atoms with Gasteiger partial charge in [0.15, 0.2) is 5.69 Å². The Morgan fingerprint density at radius 1 is 1.50 bits per heavy atom. The van der Waals surface area contributed by atoms with E-state index in [9.17, 15) is 0 Å². The van der Waals surface area contributed by atoms with E-state index in [2.05, 4.69) is 19.8 Å². The summed E-state index contributed by atoms with van der Waals surface area (Å²) in [6.07, 6.45) is 2.20. The van der Waals surface area contributed by atoms with Gasteiger partial charge in [0.2, 0.25) is 11.7 Å². The monoisotopic (exact) mass is 194 g/mol. The van der Waals surface area contributed by atoms with E-state index in [1.165, 1.54) is 6.26 Å². The zero-order valence-corrected chi connectivity index (χ0v) is 7.67. The van der Waals surface area contributed by atoms with Crippen LogP contribution in [0.2, 0.25) is 0 Å². The third kappa shape index (κ3) is 1.51. The fraction of sp³-hybridized carbons (Fsp3) is 0.375. The minimum atomic E-state index is -0.219. The van der Waals surface area contributed by atoms with Crippen LogP contribution in [0.25, 0.3) is 11.5 Å². The molecule has 0 aliphatic rings. The summed E-state index contributed by atoms with van der Waals surface area (Å²) in [5, 5.41) is 7.42. The van der Waals surface area contributed by atoms with Crippen LogP contribution in [0, 0.1) is 0 Å². The minimum Gasteiger partial charge on any atom is -0.364 e. The molecule has 0 aliphatic carbocycles. The van der Waals surface area contributed by atoms with E-state index in [0.29, 0.717) is 17.4 Å². The third-order valence-electron chi connectivity index (χ3n) is 1.87. The predicted octanol–water partition coefficient (Wildman–Crippen LogP) is 1.13. The van der Waals surface area contributed by atoms with Crippen LogP contribution in [0.5, 0.6) is 0 Å². The quantitative estimate of drug-likeness (QED) is 0.787. The molecule has 2 rings (SSSR count). The molecule has 0 amide bonds. The van der Waals surface area contributed by atoms with Crippen LogP contribution in [0.4, 0.5) is 0 Å². The highest BCUT2D eigenvalue weighted by Gasteiger charge is 2.15. The molecular formula is C8H10N4O2. The van der Waals surface area contributed by atoms with Crippen LogP contribution in [0.3, 0.4) is 0 Å². The van der Waals surface area contributed by atoms with Gasteiger partial charge in [-0.25, -0.2) is 0 Å². The Morgan fingerprint density at radius 3 is 3.00 bits per heavy atom. The largest absolute Gasteiger partial charge is 0.364 e. The first-order valence-electron chi connectivity index (χ1n) is 4.31. The Hall–Kier alpha value is -1.69. The first-order valence-corrected chi connectivity index (χ1v) is 4.31. The lowest BCUT2D eigenvalue weighted by atomic mass is 10.2. The number of nitrogens with two attached hydrogens (primary N) is 1. The maximum absolute atomic E-state index is 5.72. The van der Waals surface area contributed by atoms with Gasteiger partial charge in [-0.2, -0.15) is 4.98 Å².